The Bertz CT molecular complexity index is 1910. The van der Waals surface area contributed by atoms with Crippen molar-refractivity contribution in [3.8, 4) is 16.9 Å². The number of carbonyl (C=O) groups is 2. The smallest absolute Gasteiger partial charge is 0.254 e. The molecule has 210 valence electrons. The highest BCUT2D eigenvalue weighted by atomic mass is 16.3. The normalized spacial score (nSPS) is 18.0. The number of hydrogen-bond donors (Lipinski definition) is 2. The second-order valence-electron chi connectivity index (χ2n) is 11.3. The number of hydrogen-bond acceptors (Lipinski definition) is 6. The molecule has 3 heterocycles. The van der Waals surface area contributed by atoms with Crippen LogP contribution in [0.3, 0.4) is 0 Å². The van der Waals surface area contributed by atoms with Crippen LogP contribution in [0.4, 0.5) is 5.69 Å². The zero-order valence-electron chi connectivity index (χ0n) is 23.5. The van der Waals surface area contributed by atoms with Crippen molar-refractivity contribution in [1.29, 1.82) is 0 Å². The van der Waals surface area contributed by atoms with E-state index in [2.05, 4.69) is 36.4 Å². The average Bonchev–Trinajstić information content (AvgIpc) is 3.66. The molecule has 7 rings (SSSR count). The first-order valence-corrected chi connectivity index (χ1v) is 14.1. The molecule has 2 aliphatic heterocycles. The first-order valence-electron chi connectivity index (χ1n) is 14.1. The molecule has 2 aliphatic rings. The van der Waals surface area contributed by atoms with Crippen LogP contribution in [0.15, 0.2) is 91.0 Å². The number of aromatic nitrogens is 2. The standard InChI is InChI=1S/C34H31N5O3/c1-37(2)17-6-18-38-29-10-4-3-7-27(29)33(36-38)34(39-30(41)15-16-31(39)42)21-35-28-9-5-8-26(32(28)34)24-12-11-23-20-25(40)14-13-22(23)19-24/h3-5,7-16,19-20,35,40H,6,17-18,21H2,1-2H3. The number of nitrogens with zero attached hydrogens (tertiary/aromatic N) is 4. The van der Waals surface area contributed by atoms with Gasteiger partial charge in [-0.2, -0.15) is 5.10 Å². The third-order valence-corrected chi connectivity index (χ3v) is 8.36. The third-order valence-electron chi connectivity index (χ3n) is 8.36. The van der Waals surface area contributed by atoms with Gasteiger partial charge in [-0.3, -0.25) is 19.2 Å². The molecular formula is C34H31N5O3. The summed E-state index contributed by atoms with van der Waals surface area (Å²) >= 11 is 0. The van der Waals surface area contributed by atoms with Gasteiger partial charge in [0.15, 0.2) is 0 Å². The predicted molar refractivity (Wildman–Crippen MR) is 164 cm³/mol. The van der Waals surface area contributed by atoms with E-state index in [4.69, 9.17) is 5.10 Å². The van der Waals surface area contributed by atoms with Gasteiger partial charge in [0, 0.05) is 41.9 Å². The Morgan fingerprint density at radius 2 is 1.69 bits per heavy atom. The number of rotatable bonds is 7. The molecule has 1 aromatic heterocycles. The molecule has 0 saturated carbocycles. The lowest BCUT2D eigenvalue weighted by Gasteiger charge is -2.37. The van der Waals surface area contributed by atoms with Gasteiger partial charge in [-0.05, 0) is 79.3 Å². The van der Waals surface area contributed by atoms with Crippen LogP contribution in [0.1, 0.15) is 17.7 Å². The topological polar surface area (TPSA) is 90.7 Å². The Morgan fingerprint density at radius 1 is 0.929 bits per heavy atom. The second-order valence-corrected chi connectivity index (χ2v) is 11.3. The molecule has 0 aliphatic carbocycles. The number of aromatic hydroxyl groups is 1. The first kappa shape index (κ1) is 26.0. The van der Waals surface area contributed by atoms with Crippen LogP contribution in [0.2, 0.25) is 0 Å². The maximum absolute atomic E-state index is 13.5. The molecule has 1 unspecified atom stereocenters. The van der Waals surface area contributed by atoms with Gasteiger partial charge in [-0.15, -0.1) is 0 Å². The van der Waals surface area contributed by atoms with Crippen LogP contribution >= 0.6 is 0 Å². The summed E-state index contributed by atoms with van der Waals surface area (Å²) in [5.41, 5.74) is 4.02. The summed E-state index contributed by atoms with van der Waals surface area (Å²) in [5, 5.41) is 21.5. The van der Waals surface area contributed by atoms with Gasteiger partial charge in [0.05, 0.1) is 5.52 Å². The van der Waals surface area contributed by atoms with Crippen molar-refractivity contribution in [2.45, 2.75) is 18.5 Å². The zero-order chi connectivity index (χ0) is 29.0. The number of benzene rings is 4. The van der Waals surface area contributed by atoms with Crippen LogP contribution in [0.5, 0.6) is 5.75 Å². The van der Waals surface area contributed by atoms with E-state index in [9.17, 15) is 14.7 Å². The molecule has 4 aromatic carbocycles. The highest BCUT2D eigenvalue weighted by Crippen LogP contribution is 2.51. The fourth-order valence-electron chi connectivity index (χ4n) is 6.51. The second kappa shape index (κ2) is 9.85. The average molecular weight is 558 g/mol. The van der Waals surface area contributed by atoms with Crippen LogP contribution < -0.4 is 5.32 Å². The number of anilines is 1. The molecule has 0 spiro atoms. The van der Waals surface area contributed by atoms with Crippen LogP contribution in [0, 0.1) is 0 Å². The van der Waals surface area contributed by atoms with Gasteiger partial charge in [0.1, 0.15) is 17.0 Å². The fourth-order valence-corrected chi connectivity index (χ4v) is 6.51. The lowest BCUT2D eigenvalue weighted by Crippen LogP contribution is -2.52. The Kier molecular flexibility index (Phi) is 6.09. The molecule has 42 heavy (non-hydrogen) atoms. The van der Waals surface area contributed by atoms with Gasteiger partial charge < -0.3 is 15.3 Å². The SMILES string of the molecule is CN(C)CCCn1nc(C2(N3C(=O)C=CC3=O)CNc3cccc(-c4ccc5cc(O)ccc5c4)c32)c2ccccc21. The minimum Gasteiger partial charge on any atom is -0.508 e. The number of phenolic OH excluding ortho intramolecular Hbond substituents is 1. The first-order chi connectivity index (χ1) is 20.4. The Hall–Kier alpha value is -4.95. The maximum Gasteiger partial charge on any atom is 0.254 e. The van der Waals surface area contributed by atoms with Crippen molar-refractivity contribution in [3.05, 3.63) is 102 Å². The summed E-state index contributed by atoms with van der Waals surface area (Å²) in [6.07, 6.45) is 3.61. The maximum atomic E-state index is 13.5. The lowest BCUT2D eigenvalue weighted by atomic mass is 9.80. The minimum absolute atomic E-state index is 0.214. The molecule has 0 bridgehead atoms. The Morgan fingerprint density at radius 3 is 2.50 bits per heavy atom. The summed E-state index contributed by atoms with van der Waals surface area (Å²) < 4.78 is 2.01. The molecule has 2 amide bonds. The van der Waals surface area contributed by atoms with E-state index in [1.807, 2.05) is 59.3 Å². The number of aryl methyl sites for hydroxylation is 1. The molecule has 5 aromatic rings. The lowest BCUT2D eigenvalue weighted by molar-refractivity contribution is -0.142. The number of para-hydroxylation sites is 1. The third kappa shape index (κ3) is 3.98. The highest BCUT2D eigenvalue weighted by molar-refractivity contribution is 6.14. The molecule has 0 radical (unpaired) electrons. The molecule has 0 saturated heterocycles. The van der Waals surface area contributed by atoms with Gasteiger partial charge in [-0.25, -0.2) is 0 Å². The van der Waals surface area contributed by atoms with Crippen LogP contribution in [-0.4, -0.2) is 63.7 Å². The number of amides is 2. The summed E-state index contributed by atoms with van der Waals surface area (Å²) in [6.45, 7) is 1.92. The fraction of sp³-hybridized carbons (Fsp3) is 0.206. The van der Waals surface area contributed by atoms with Gasteiger partial charge >= 0.3 is 0 Å². The monoisotopic (exact) mass is 557 g/mol. The number of fused-ring (bicyclic) bond motifs is 3. The number of nitrogens with one attached hydrogen (secondary N) is 1. The number of carbonyl (C=O) groups excluding carboxylic acids is 2. The summed E-state index contributed by atoms with van der Waals surface area (Å²) in [7, 11) is 4.11. The van der Waals surface area contributed by atoms with E-state index < -0.39 is 5.54 Å². The molecule has 0 fully saturated rings. The van der Waals surface area contributed by atoms with E-state index in [1.54, 1.807) is 12.1 Å². The Labute approximate surface area is 243 Å². The van der Waals surface area contributed by atoms with Crippen molar-refractivity contribution in [2.75, 3.05) is 32.5 Å². The highest BCUT2D eigenvalue weighted by Gasteiger charge is 2.54. The zero-order valence-corrected chi connectivity index (χ0v) is 23.5. The number of phenols is 1. The van der Waals surface area contributed by atoms with E-state index in [-0.39, 0.29) is 17.6 Å². The molecule has 2 N–H and O–H groups in total. The van der Waals surface area contributed by atoms with Crippen molar-refractivity contribution < 1.29 is 14.7 Å². The summed E-state index contributed by atoms with van der Waals surface area (Å²) in [4.78, 5) is 30.6. The largest absolute Gasteiger partial charge is 0.508 e. The van der Waals surface area contributed by atoms with Gasteiger partial charge in [0.25, 0.3) is 11.8 Å². The van der Waals surface area contributed by atoms with Crippen LogP contribution in [0.25, 0.3) is 32.8 Å². The van der Waals surface area contributed by atoms with Crippen molar-refractivity contribution in [3.63, 3.8) is 0 Å². The Balaban J connectivity index is 1.49. The van der Waals surface area contributed by atoms with Crippen LogP contribution in [-0.2, 0) is 21.7 Å². The van der Waals surface area contributed by atoms with Gasteiger partial charge in [-0.1, -0.05) is 48.5 Å². The minimum atomic E-state index is -1.18. The van der Waals surface area contributed by atoms with E-state index in [0.29, 0.717) is 18.8 Å². The van der Waals surface area contributed by atoms with Crippen molar-refractivity contribution in [2.24, 2.45) is 0 Å². The van der Waals surface area contributed by atoms with Crippen molar-refractivity contribution in [1.82, 2.24) is 19.6 Å². The van der Waals surface area contributed by atoms with Crippen molar-refractivity contribution >= 4 is 39.2 Å². The molecule has 8 heteroatoms. The number of imide groups is 1. The van der Waals surface area contributed by atoms with Gasteiger partial charge in [0.2, 0.25) is 0 Å². The molecular weight excluding hydrogens is 526 g/mol. The van der Waals surface area contributed by atoms with E-state index in [1.165, 1.54) is 17.1 Å². The predicted octanol–water partition coefficient (Wildman–Crippen LogP) is 5.11. The van der Waals surface area contributed by atoms with E-state index in [0.717, 1.165) is 57.0 Å². The summed E-state index contributed by atoms with van der Waals surface area (Å²) in [6, 6.07) is 25.5. The van der Waals surface area contributed by atoms with E-state index >= 15 is 0 Å². The molecule has 8 nitrogen and oxygen atoms in total. The molecule has 1 atom stereocenters. The quantitative estimate of drug-likeness (QED) is 0.271. The summed E-state index contributed by atoms with van der Waals surface area (Å²) in [5.74, 6) is -0.500.